The summed E-state index contributed by atoms with van der Waals surface area (Å²) < 4.78 is 16.5. The maximum atomic E-state index is 14.9. The molecule has 5 rings (SSSR count). The van der Waals surface area contributed by atoms with Crippen molar-refractivity contribution in [1.82, 2.24) is 9.78 Å². The minimum Gasteiger partial charge on any atom is -0.508 e. The van der Waals surface area contributed by atoms with Gasteiger partial charge in [0, 0.05) is 16.7 Å². The monoisotopic (exact) mass is 438 g/mol. The number of hydrogen-bond acceptors (Lipinski definition) is 4. The van der Waals surface area contributed by atoms with Crippen LogP contribution in [0.4, 0.5) is 4.39 Å². The summed E-state index contributed by atoms with van der Waals surface area (Å²) in [5, 5.41) is 34.2. The van der Waals surface area contributed by atoms with Crippen LogP contribution in [0, 0.1) is 5.82 Å². The Morgan fingerprint density at radius 2 is 1.06 bits per heavy atom. The molecule has 0 aliphatic heterocycles. The van der Waals surface area contributed by atoms with Crippen molar-refractivity contribution in [2.45, 2.75) is 0 Å². The van der Waals surface area contributed by atoms with Crippen LogP contribution in [-0.4, -0.2) is 25.1 Å². The van der Waals surface area contributed by atoms with E-state index >= 15 is 0 Å². The Hall–Kier alpha value is -4.58. The number of hydrogen-bond donors (Lipinski definition) is 3. The number of phenolic OH excluding ortho intramolecular Hbond substituents is 3. The summed E-state index contributed by atoms with van der Waals surface area (Å²) in [5.74, 6) is -0.0787. The van der Waals surface area contributed by atoms with Crippen molar-refractivity contribution < 1.29 is 19.7 Å². The molecule has 33 heavy (non-hydrogen) atoms. The first-order chi connectivity index (χ1) is 16.0. The van der Waals surface area contributed by atoms with Gasteiger partial charge in [-0.15, -0.1) is 0 Å². The third kappa shape index (κ3) is 3.78. The zero-order chi connectivity index (χ0) is 22.9. The number of aromatic nitrogens is 2. The standard InChI is InChI=1S/C27H19FN2O3/c28-23-3-1-2-4-24(23)30-27(19-9-15-22(33)16-10-19)25(17-5-11-20(31)12-6-17)26(29-30)18-7-13-21(32)14-8-18/h1-16,31-33H. The lowest BCUT2D eigenvalue weighted by Crippen LogP contribution is -2.02. The zero-order valence-electron chi connectivity index (χ0n) is 17.4. The highest BCUT2D eigenvalue weighted by atomic mass is 19.1. The Balaban J connectivity index is 1.89. The van der Waals surface area contributed by atoms with Crippen molar-refractivity contribution in [3.05, 3.63) is 103 Å². The lowest BCUT2D eigenvalue weighted by molar-refractivity contribution is 0.475. The number of halogens is 1. The van der Waals surface area contributed by atoms with E-state index in [9.17, 15) is 19.7 Å². The highest BCUT2D eigenvalue weighted by Crippen LogP contribution is 2.42. The number of benzene rings is 4. The molecule has 5 nitrogen and oxygen atoms in total. The fraction of sp³-hybridized carbons (Fsp3) is 0. The van der Waals surface area contributed by atoms with Gasteiger partial charge in [0.05, 0.1) is 5.69 Å². The van der Waals surface area contributed by atoms with Crippen LogP contribution in [-0.2, 0) is 0 Å². The molecular formula is C27H19FN2O3. The molecule has 0 spiro atoms. The van der Waals surface area contributed by atoms with E-state index < -0.39 is 5.82 Å². The zero-order valence-corrected chi connectivity index (χ0v) is 17.4. The molecule has 0 atom stereocenters. The summed E-state index contributed by atoms with van der Waals surface area (Å²) in [5.41, 5.74) is 4.39. The minimum absolute atomic E-state index is 0.112. The van der Waals surface area contributed by atoms with E-state index in [0.29, 0.717) is 11.4 Å². The number of nitrogens with zero attached hydrogens (tertiary/aromatic N) is 2. The van der Waals surface area contributed by atoms with Crippen LogP contribution in [0.5, 0.6) is 17.2 Å². The SMILES string of the molecule is Oc1ccc(-c2nn(-c3ccccc3F)c(-c3ccc(O)cc3)c2-c2ccc(O)cc2)cc1. The molecule has 162 valence electrons. The quantitative estimate of drug-likeness (QED) is 0.315. The van der Waals surface area contributed by atoms with Crippen molar-refractivity contribution in [3.8, 4) is 56.6 Å². The van der Waals surface area contributed by atoms with Gasteiger partial charge < -0.3 is 15.3 Å². The second kappa shape index (κ2) is 8.16. The fourth-order valence-corrected chi connectivity index (χ4v) is 3.82. The topological polar surface area (TPSA) is 78.5 Å². The molecule has 0 unspecified atom stereocenters. The van der Waals surface area contributed by atoms with E-state index in [1.807, 2.05) is 0 Å². The van der Waals surface area contributed by atoms with Crippen LogP contribution in [0.1, 0.15) is 0 Å². The van der Waals surface area contributed by atoms with Gasteiger partial charge in [0.25, 0.3) is 0 Å². The molecule has 0 bridgehead atoms. The summed E-state index contributed by atoms with van der Waals surface area (Å²) in [6.07, 6.45) is 0. The average Bonchev–Trinajstić information content (AvgIpc) is 3.21. The molecular weight excluding hydrogens is 419 g/mol. The molecule has 0 radical (unpaired) electrons. The molecule has 5 aromatic rings. The molecule has 4 aromatic carbocycles. The Kier molecular flexibility index (Phi) is 5.03. The first kappa shape index (κ1) is 20.3. The average molecular weight is 438 g/mol. The van der Waals surface area contributed by atoms with Crippen LogP contribution in [0.2, 0.25) is 0 Å². The Bertz CT molecular complexity index is 1420. The van der Waals surface area contributed by atoms with Crippen LogP contribution < -0.4 is 0 Å². The highest BCUT2D eigenvalue weighted by molar-refractivity contribution is 5.92. The normalized spacial score (nSPS) is 10.9. The molecule has 0 saturated carbocycles. The predicted molar refractivity (Wildman–Crippen MR) is 125 cm³/mol. The first-order valence-electron chi connectivity index (χ1n) is 10.3. The third-order valence-corrected chi connectivity index (χ3v) is 5.40. The van der Waals surface area contributed by atoms with Crippen molar-refractivity contribution in [2.75, 3.05) is 0 Å². The van der Waals surface area contributed by atoms with Crippen molar-refractivity contribution in [3.63, 3.8) is 0 Å². The highest BCUT2D eigenvalue weighted by Gasteiger charge is 2.24. The molecule has 0 amide bonds. The van der Waals surface area contributed by atoms with E-state index in [0.717, 1.165) is 22.3 Å². The van der Waals surface area contributed by atoms with Crippen LogP contribution >= 0.6 is 0 Å². The van der Waals surface area contributed by atoms with E-state index in [1.165, 1.54) is 6.07 Å². The van der Waals surface area contributed by atoms with E-state index in [4.69, 9.17) is 5.10 Å². The second-order valence-electron chi connectivity index (χ2n) is 7.58. The van der Waals surface area contributed by atoms with Gasteiger partial charge >= 0.3 is 0 Å². The fourth-order valence-electron chi connectivity index (χ4n) is 3.82. The largest absolute Gasteiger partial charge is 0.508 e. The molecule has 0 saturated heterocycles. The Labute approximate surface area is 189 Å². The van der Waals surface area contributed by atoms with Gasteiger partial charge in [-0.2, -0.15) is 5.10 Å². The number of aromatic hydroxyl groups is 3. The maximum Gasteiger partial charge on any atom is 0.148 e. The van der Waals surface area contributed by atoms with Gasteiger partial charge in [-0.05, 0) is 78.4 Å². The molecule has 0 aliphatic carbocycles. The van der Waals surface area contributed by atoms with Crippen molar-refractivity contribution >= 4 is 0 Å². The van der Waals surface area contributed by atoms with E-state index in [1.54, 1.807) is 95.7 Å². The summed E-state index contributed by atoms with van der Waals surface area (Å²) >= 11 is 0. The Morgan fingerprint density at radius 1 is 0.576 bits per heavy atom. The summed E-state index contributed by atoms with van der Waals surface area (Å²) in [7, 11) is 0. The summed E-state index contributed by atoms with van der Waals surface area (Å²) in [6.45, 7) is 0. The number of rotatable bonds is 4. The van der Waals surface area contributed by atoms with Crippen LogP contribution in [0.3, 0.4) is 0 Å². The maximum absolute atomic E-state index is 14.9. The van der Waals surface area contributed by atoms with E-state index in [2.05, 4.69) is 0 Å². The number of para-hydroxylation sites is 1. The molecule has 0 fully saturated rings. The molecule has 0 aliphatic rings. The van der Waals surface area contributed by atoms with Gasteiger partial charge in [-0.25, -0.2) is 9.07 Å². The predicted octanol–water partition coefficient (Wildman–Crippen LogP) is 6.13. The van der Waals surface area contributed by atoms with Gasteiger partial charge in [-0.3, -0.25) is 0 Å². The van der Waals surface area contributed by atoms with E-state index in [-0.39, 0.29) is 22.9 Å². The van der Waals surface area contributed by atoms with Gasteiger partial charge in [0.1, 0.15) is 34.4 Å². The lowest BCUT2D eigenvalue weighted by Gasteiger charge is -2.12. The third-order valence-electron chi connectivity index (χ3n) is 5.40. The lowest BCUT2D eigenvalue weighted by atomic mass is 9.95. The van der Waals surface area contributed by atoms with Gasteiger partial charge in [0.2, 0.25) is 0 Å². The minimum atomic E-state index is -0.436. The van der Waals surface area contributed by atoms with Crippen molar-refractivity contribution in [1.29, 1.82) is 0 Å². The van der Waals surface area contributed by atoms with Crippen molar-refractivity contribution in [2.24, 2.45) is 0 Å². The molecule has 3 N–H and O–H groups in total. The van der Waals surface area contributed by atoms with Crippen LogP contribution in [0.15, 0.2) is 97.1 Å². The number of phenols is 3. The molecule has 1 aromatic heterocycles. The Morgan fingerprint density at radius 3 is 1.61 bits per heavy atom. The second-order valence-corrected chi connectivity index (χ2v) is 7.58. The molecule has 1 heterocycles. The molecule has 6 heteroatoms. The van der Waals surface area contributed by atoms with Crippen LogP contribution in [0.25, 0.3) is 39.3 Å². The van der Waals surface area contributed by atoms with Gasteiger partial charge in [0.15, 0.2) is 0 Å². The summed E-state index contributed by atoms with van der Waals surface area (Å²) in [4.78, 5) is 0. The summed E-state index contributed by atoms with van der Waals surface area (Å²) in [6, 6.07) is 26.3. The smallest absolute Gasteiger partial charge is 0.148 e. The first-order valence-corrected chi connectivity index (χ1v) is 10.3. The van der Waals surface area contributed by atoms with Gasteiger partial charge in [-0.1, -0.05) is 24.3 Å².